The van der Waals surface area contributed by atoms with Crippen molar-refractivity contribution < 1.29 is 22.3 Å². The van der Waals surface area contributed by atoms with E-state index in [1.807, 2.05) is 0 Å². The maximum absolute atomic E-state index is 13.3. The Bertz CT molecular complexity index is 519. The van der Waals surface area contributed by atoms with Crippen LogP contribution < -0.4 is 10.1 Å². The maximum atomic E-state index is 13.3. The summed E-state index contributed by atoms with van der Waals surface area (Å²) in [5.41, 5.74) is 0.467. The Morgan fingerprint density at radius 1 is 1.26 bits per heavy atom. The number of nitrogens with zero attached hydrogens (tertiary/aromatic N) is 1. The molecule has 128 valence electrons. The molecule has 3 nitrogen and oxygen atoms in total. The van der Waals surface area contributed by atoms with Gasteiger partial charge in [-0.25, -0.2) is 0 Å². The zero-order valence-electron chi connectivity index (χ0n) is 12.7. The molecule has 23 heavy (non-hydrogen) atoms. The molecule has 0 saturated carbocycles. The van der Waals surface area contributed by atoms with Gasteiger partial charge in [0.05, 0.1) is 0 Å². The van der Waals surface area contributed by atoms with Crippen molar-refractivity contribution >= 4 is 0 Å². The third-order valence-corrected chi connectivity index (χ3v) is 3.76. The number of hydrogen-bond donors (Lipinski definition) is 1. The Morgan fingerprint density at radius 3 is 2.52 bits per heavy atom. The lowest BCUT2D eigenvalue weighted by atomic mass is 10.00. The highest BCUT2D eigenvalue weighted by molar-refractivity contribution is 5.36. The summed E-state index contributed by atoms with van der Waals surface area (Å²) in [4.78, 5) is 2.11. The molecule has 7 heteroatoms. The molecule has 1 aromatic rings. The van der Waals surface area contributed by atoms with Gasteiger partial charge in [-0.1, -0.05) is 24.3 Å². The number of benzene rings is 1. The van der Waals surface area contributed by atoms with Gasteiger partial charge in [0.25, 0.3) is 0 Å². The molecule has 1 heterocycles. The second-order valence-corrected chi connectivity index (χ2v) is 5.33. The summed E-state index contributed by atoms with van der Waals surface area (Å²) in [6.07, 6.45) is -6.19. The number of rotatable bonds is 7. The monoisotopic (exact) mass is 332 g/mol. The van der Waals surface area contributed by atoms with Gasteiger partial charge in [-0.3, -0.25) is 4.90 Å². The van der Waals surface area contributed by atoms with Crippen LogP contribution in [0, 0.1) is 0 Å². The summed E-state index contributed by atoms with van der Waals surface area (Å²) in [5, 5.41) is 3.21. The van der Waals surface area contributed by atoms with Crippen LogP contribution in [0.25, 0.3) is 0 Å². The number of nitrogens with one attached hydrogen (secondary N) is 1. The quantitative estimate of drug-likeness (QED) is 0.611. The second kappa shape index (κ2) is 7.79. The number of piperazine rings is 1. The van der Waals surface area contributed by atoms with Gasteiger partial charge in [-0.15, -0.1) is 6.58 Å². The number of alkyl halides is 4. The van der Waals surface area contributed by atoms with Gasteiger partial charge in [-0.2, -0.15) is 17.6 Å². The van der Waals surface area contributed by atoms with Crippen molar-refractivity contribution in [2.24, 2.45) is 0 Å². The maximum Gasteiger partial charge on any atom is 0.461 e. The van der Waals surface area contributed by atoms with E-state index in [2.05, 4.69) is 21.5 Å². The van der Waals surface area contributed by atoms with Gasteiger partial charge < -0.3 is 10.1 Å². The van der Waals surface area contributed by atoms with E-state index in [1.54, 1.807) is 18.2 Å². The first-order valence-electron chi connectivity index (χ1n) is 7.45. The summed E-state index contributed by atoms with van der Waals surface area (Å²) < 4.78 is 55.8. The molecule has 1 fully saturated rings. The molecule has 1 aliphatic rings. The SMILES string of the molecule is C=CC[C@@H](c1ccccc1OC(F)(F)C(F)F)N1CCNCC1. The van der Waals surface area contributed by atoms with Crippen molar-refractivity contribution in [1.82, 2.24) is 10.2 Å². The smallest absolute Gasteiger partial charge is 0.428 e. The molecule has 0 spiro atoms. The Balaban J connectivity index is 2.30. The molecule has 0 unspecified atom stereocenters. The fraction of sp³-hybridized carbons (Fsp3) is 0.500. The predicted octanol–water partition coefficient (Wildman–Crippen LogP) is 3.45. The van der Waals surface area contributed by atoms with Gasteiger partial charge >= 0.3 is 12.5 Å². The molecule has 1 aromatic carbocycles. The summed E-state index contributed by atoms with van der Waals surface area (Å²) in [7, 11) is 0. The molecule has 1 aliphatic heterocycles. The van der Waals surface area contributed by atoms with Crippen molar-refractivity contribution in [3.63, 3.8) is 0 Å². The van der Waals surface area contributed by atoms with Crippen LogP contribution in [0.2, 0.25) is 0 Å². The zero-order valence-corrected chi connectivity index (χ0v) is 12.7. The molecule has 1 saturated heterocycles. The minimum atomic E-state index is -4.52. The van der Waals surface area contributed by atoms with Crippen LogP contribution in [0.3, 0.4) is 0 Å². The molecular formula is C16H20F4N2O. The highest BCUT2D eigenvalue weighted by Gasteiger charge is 2.44. The van der Waals surface area contributed by atoms with Crippen molar-refractivity contribution in [3.8, 4) is 5.75 Å². The van der Waals surface area contributed by atoms with E-state index in [9.17, 15) is 17.6 Å². The van der Waals surface area contributed by atoms with Crippen molar-refractivity contribution in [2.45, 2.75) is 25.0 Å². The fourth-order valence-corrected chi connectivity index (χ4v) is 2.66. The lowest BCUT2D eigenvalue weighted by molar-refractivity contribution is -0.253. The van der Waals surface area contributed by atoms with Gasteiger partial charge in [0.15, 0.2) is 0 Å². The van der Waals surface area contributed by atoms with E-state index in [0.29, 0.717) is 12.0 Å². The Labute approximate surface area is 132 Å². The number of halogens is 4. The minimum absolute atomic E-state index is 0.219. The molecule has 1 atom stereocenters. The molecule has 0 radical (unpaired) electrons. The Hall–Kier alpha value is -1.60. The van der Waals surface area contributed by atoms with Crippen LogP contribution >= 0.6 is 0 Å². The van der Waals surface area contributed by atoms with E-state index in [-0.39, 0.29) is 11.8 Å². The first kappa shape index (κ1) is 17.7. The van der Waals surface area contributed by atoms with Gasteiger partial charge in [0, 0.05) is 37.8 Å². The summed E-state index contributed by atoms with van der Waals surface area (Å²) >= 11 is 0. The lowest BCUT2D eigenvalue weighted by Crippen LogP contribution is -2.45. The standard InChI is InChI=1S/C16H20F4N2O/c1-2-5-13(22-10-8-21-9-11-22)12-6-3-4-7-14(12)23-16(19,20)15(17)18/h2-4,6-7,13,15,21H,1,5,8-11H2/t13-/m0/s1. The topological polar surface area (TPSA) is 24.5 Å². The highest BCUT2D eigenvalue weighted by atomic mass is 19.3. The highest BCUT2D eigenvalue weighted by Crippen LogP contribution is 2.36. The predicted molar refractivity (Wildman–Crippen MR) is 80.0 cm³/mol. The van der Waals surface area contributed by atoms with E-state index in [4.69, 9.17) is 0 Å². The summed E-state index contributed by atoms with van der Waals surface area (Å²) in [6, 6.07) is 5.86. The number of ether oxygens (including phenoxy) is 1. The number of hydrogen-bond acceptors (Lipinski definition) is 3. The zero-order chi connectivity index (χ0) is 16.9. The van der Waals surface area contributed by atoms with Crippen LogP contribution in [0.15, 0.2) is 36.9 Å². The van der Waals surface area contributed by atoms with Crippen LogP contribution in [0.5, 0.6) is 5.75 Å². The molecule has 0 amide bonds. The van der Waals surface area contributed by atoms with Crippen LogP contribution in [-0.2, 0) is 0 Å². The Morgan fingerprint density at radius 2 is 1.91 bits per heavy atom. The molecule has 0 aromatic heterocycles. The van der Waals surface area contributed by atoms with Gasteiger partial charge in [0.2, 0.25) is 0 Å². The third-order valence-electron chi connectivity index (χ3n) is 3.76. The third kappa shape index (κ3) is 4.45. The largest absolute Gasteiger partial charge is 0.461 e. The minimum Gasteiger partial charge on any atom is -0.428 e. The van der Waals surface area contributed by atoms with Crippen LogP contribution in [0.4, 0.5) is 17.6 Å². The molecule has 2 rings (SSSR count). The number of para-hydroxylation sites is 1. The molecule has 1 N–H and O–H groups in total. The Kier molecular flexibility index (Phi) is 6.01. The van der Waals surface area contributed by atoms with E-state index < -0.39 is 12.5 Å². The van der Waals surface area contributed by atoms with Crippen molar-refractivity contribution in [2.75, 3.05) is 26.2 Å². The first-order valence-corrected chi connectivity index (χ1v) is 7.45. The second-order valence-electron chi connectivity index (χ2n) is 5.33. The average molecular weight is 332 g/mol. The molecular weight excluding hydrogens is 312 g/mol. The summed E-state index contributed by atoms with van der Waals surface area (Å²) in [6.45, 7) is 6.73. The van der Waals surface area contributed by atoms with Gasteiger partial charge in [0.1, 0.15) is 5.75 Å². The van der Waals surface area contributed by atoms with E-state index in [0.717, 1.165) is 26.2 Å². The van der Waals surface area contributed by atoms with E-state index in [1.165, 1.54) is 12.1 Å². The summed E-state index contributed by atoms with van der Waals surface area (Å²) in [5.74, 6) is -0.219. The molecule has 0 bridgehead atoms. The van der Waals surface area contributed by atoms with Crippen LogP contribution in [0.1, 0.15) is 18.0 Å². The van der Waals surface area contributed by atoms with Gasteiger partial charge in [-0.05, 0) is 12.5 Å². The average Bonchev–Trinajstić information content (AvgIpc) is 2.54. The molecule has 0 aliphatic carbocycles. The normalized spacial score (nSPS) is 18.0. The van der Waals surface area contributed by atoms with Crippen LogP contribution in [-0.4, -0.2) is 43.6 Å². The lowest BCUT2D eigenvalue weighted by Gasteiger charge is -2.35. The van der Waals surface area contributed by atoms with E-state index >= 15 is 0 Å². The van der Waals surface area contributed by atoms with Crippen molar-refractivity contribution in [1.29, 1.82) is 0 Å². The first-order chi connectivity index (χ1) is 11.0. The fourth-order valence-electron chi connectivity index (χ4n) is 2.66. The van der Waals surface area contributed by atoms with Crippen molar-refractivity contribution in [3.05, 3.63) is 42.5 Å².